The number of carbonyl (C=O) groups excluding carboxylic acids is 1. The van der Waals surface area contributed by atoms with Crippen LogP contribution in [-0.2, 0) is 27.8 Å². The van der Waals surface area contributed by atoms with Crippen LogP contribution in [0.1, 0.15) is 36.5 Å². The van der Waals surface area contributed by atoms with E-state index >= 15 is 0 Å². The van der Waals surface area contributed by atoms with Crippen molar-refractivity contribution in [3.63, 3.8) is 0 Å². The molecule has 1 aliphatic rings. The van der Waals surface area contributed by atoms with Gasteiger partial charge in [-0.25, -0.2) is 13.1 Å². The molecule has 2 aromatic carbocycles. The molecule has 2 N–H and O–H groups in total. The number of fused-ring (bicyclic) bond motifs is 1. The summed E-state index contributed by atoms with van der Waals surface area (Å²) in [5.41, 5.74) is 3.52. The number of anilines is 1. The van der Waals surface area contributed by atoms with Gasteiger partial charge in [-0.05, 0) is 40.8 Å². The van der Waals surface area contributed by atoms with E-state index in [1.165, 1.54) is 11.6 Å². The highest BCUT2D eigenvalue weighted by Gasteiger charge is 2.21. The number of nitrogens with one attached hydrogen (secondary N) is 2. The summed E-state index contributed by atoms with van der Waals surface area (Å²) < 4.78 is 27.5. The third-order valence-corrected chi connectivity index (χ3v) is 5.52. The summed E-state index contributed by atoms with van der Waals surface area (Å²) in [4.78, 5) is 11.5. The van der Waals surface area contributed by atoms with Gasteiger partial charge in [0.15, 0.2) is 0 Å². The lowest BCUT2D eigenvalue weighted by atomic mass is 10.0. The van der Waals surface area contributed by atoms with Gasteiger partial charge in [-0.3, -0.25) is 4.79 Å². The second-order valence-electron chi connectivity index (χ2n) is 6.26. The molecule has 1 aliphatic heterocycles. The highest BCUT2D eigenvalue weighted by Crippen LogP contribution is 2.25. The molecule has 0 spiro atoms. The van der Waals surface area contributed by atoms with Crippen molar-refractivity contribution in [3.8, 4) is 0 Å². The van der Waals surface area contributed by atoms with Gasteiger partial charge in [0.1, 0.15) is 0 Å². The maximum Gasteiger partial charge on any atom is 0.240 e. The molecule has 6 heteroatoms. The first-order valence-corrected chi connectivity index (χ1v) is 9.35. The van der Waals surface area contributed by atoms with Crippen LogP contribution < -0.4 is 10.0 Å². The van der Waals surface area contributed by atoms with E-state index in [-0.39, 0.29) is 23.8 Å². The number of benzene rings is 2. The number of amides is 1. The molecule has 3 rings (SSSR count). The fourth-order valence-corrected chi connectivity index (χ4v) is 3.72. The number of carbonyl (C=O) groups is 1. The molecule has 0 bridgehead atoms. The molecule has 1 heterocycles. The standard InChI is InChI=1S/C18H20N2O3S/c1-12(2)14-5-3-13(4-6-14)11-19-24(22,23)16-7-8-17-15(9-16)10-18(21)20-17/h3-9,12,19H,10-11H2,1-2H3,(H,20,21). The van der Waals surface area contributed by atoms with E-state index in [2.05, 4.69) is 23.9 Å². The second-order valence-corrected chi connectivity index (χ2v) is 8.03. The Kier molecular flexibility index (Phi) is 4.43. The molecule has 0 saturated carbocycles. The van der Waals surface area contributed by atoms with Gasteiger partial charge in [-0.15, -0.1) is 0 Å². The van der Waals surface area contributed by atoms with Gasteiger partial charge in [0, 0.05) is 12.2 Å². The lowest BCUT2D eigenvalue weighted by molar-refractivity contribution is -0.115. The Balaban J connectivity index is 1.72. The molecule has 0 fully saturated rings. The molecule has 126 valence electrons. The number of hydrogen-bond donors (Lipinski definition) is 2. The zero-order valence-electron chi connectivity index (χ0n) is 13.7. The summed E-state index contributed by atoms with van der Waals surface area (Å²) >= 11 is 0. The zero-order chi connectivity index (χ0) is 17.3. The van der Waals surface area contributed by atoms with Crippen LogP contribution in [0.5, 0.6) is 0 Å². The van der Waals surface area contributed by atoms with Crippen LogP contribution in [0.3, 0.4) is 0 Å². The zero-order valence-corrected chi connectivity index (χ0v) is 14.5. The Morgan fingerprint density at radius 2 is 1.83 bits per heavy atom. The number of rotatable bonds is 5. The van der Waals surface area contributed by atoms with Crippen molar-refractivity contribution in [2.24, 2.45) is 0 Å². The van der Waals surface area contributed by atoms with Crippen LogP contribution in [0.2, 0.25) is 0 Å². The van der Waals surface area contributed by atoms with Gasteiger partial charge in [0.05, 0.1) is 11.3 Å². The Morgan fingerprint density at radius 1 is 1.12 bits per heavy atom. The molecule has 0 saturated heterocycles. The van der Waals surface area contributed by atoms with Gasteiger partial charge >= 0.3 is 0 Å². The Bertz CT molecular complexity index is 872. The minimum absolute atomic E-state index is 0.113. The topological polar surface area (TPSA) is 75.3 Å². The monoisotopic (exact) mass is 344 g/mol. The molecule has 24 heavy (non-hydrogen) atoms. The van der Waals surface area contributed by atoms with Crippen LogP contribution in [0.25, 0.3) is 0 Å². The summed E-state index contributed by atoms with van der Waals surface area (Å²) in [6, 6.07) is 12.6. The number of sulfonamides is 1. The van der Waals surface area contributed by atoms with Gasteiger partial charge in [0.25, 0.3) is 0 Å². The molecule has 0 atom stereocenters. The molecule has 0 aliphatic carbocycles. The first-order valence-electron chi connectivity index (χ1n) is 7.86. The van der Waals surface area contributed by atoms with Gasteiger partial charge in [0.2, 0.25) is 15.9 Å². The van der Waals surface area contributed by atoms with E-state index in [0.717, 1.165) is 5.56 Å². The van der Waals surface area contributed by atoms with Crippen molar-refractivity contribution in [3.05, 3.63) is 59.2 Å². The molecule has 2 aromatic rings. The first-order chi connectivity index (χ1) is 11.3. The minimum Gasteiger partial charge on any atom is -0.326 e. The van der Waals surface area contributed by atoms with E-state index in [9.17, 15) is 13.2 Å². The smallest absolute Gasteiger partial charge is 0.240 e. The highest BCUT2D eigenvalue weighted by molar-refractivity contribution is 7.89. The summed E-state index contributed by atoms with van der Waals surface area (Å²) in [5, 5.41) is 2.69. The van der Waals surface area contributed by atoms with Gasteiger partial charge in [-0.2, -0.15) is 0 Å². The Morgan fingerprint density at radius 3 is 2.50 bits per heavy atom. The van der Waals surface area contributed by atoms with E-state index in [0.29, 0.717) is 17.2 Å². The van der Waals surface area contributed by atoms with E-state index < -0.39 is 10.0 Å². The van der Waals surface area contributed by atoms with Crippen molar-refractivity contribution >= 4 is 21.6 Å². The maximum atomic E-state index is 12.4. The fourth-order valence-electron chi connectivity index (χ4n) is 2.65. The Hall–Kier alpha value is -2.18. The SMILES string of the molecule is CC(C)c1ccc(CNS(=O)(=O)c2ccc3c(c2)CC(=O)N3)cc1. The van der Waals surface area contributed by atoms with Gasteiger partial charge in [-0.1, -0.05) is 38.1 Å². The molecule has 0 aromatic heterocycles. The summed E-state index contributed by atoms with van der Waals surface area (Å²) in [6.45, 7) is 4.46. The van der Waals surface area contributed by atoms with E-state index in [4.69, 9.17) is 0 Å². The summed E-state index contributed by atoms with van der Waals surface area (Å²) in [6.07, 6.45) is 0.218. The molecule has 0 radical (unpaired) electrons. The average molecular weight is 344 g/mol. The highest BCUT2D eigenvalue weighted by atomic mass is 32.2. The fraction of sp³-hybridized carbons (Fsp3) is 0.278. The normalized spacial score (nSPS) is 13.9. The van der Waals surface area contributed by atoms with Crippen LogP contribution in [0, 0.1) is 0 Å². The maximum absolute atomic E-state index is 12.4. The van der Waals surface area contributed by atoms with Crippen LogP contribution in [0.15, 0.2) is 47.4 Å². The first kappa shape index (κ1) is 16.7. The quantitative estimate of drug-likeness (QED) is 0.876. The van der Waals surface area contributed by atoms with Crippen LogP contribution >= 0.6 is 0 Å². The van der Waals surface area contributed by atoms with E-state index in [1.807, 2.05) is 24.3 Å². The lowest BCUT2D eigenvalue weighted by Gasteiger charge is -2.10. The van der Waals surface area contributed by atoms with Crippen molar-refractivity contribution in [2.45, 2.75) is 37.6 Å². The minimum atomic E-state index is -3.61. The van der Waals surface area contributed by atoms with E-state index in [1.54, 1.807) is 12.1 Å². The molecular formula is C18H20N2O3S. The van der Waals surface area contributed by atoms with Crippen molar-refractivity contribution in [1.82, 2.24) is 4.72 Å². The lowest BCUT2D eigenvalue weighted by Crippen LogP contribution is -2.23. The molecule has 1 amide bonds. The molecule has 5 nitrogen and oxygen atoms in total. The third-order valence-electron chi connectivity index (χ3n) is 4.12. The third kappa shape index (κ3) is 3.49. The molecule has 0 unspecified atom stereocenters. The van der Waals surface area contributed by atoms with Crippen LogP contribution in [0.4, 0.5) is 5.69 Å². The van der Waals surface area contributed by atoms with Crippen LogP contribution in [-0.4, -0.2) is 14.3 Å². The second kappa shape index (κ2) is 6.37. The van der Waals surface area contributed by atoms with Gasteiger partial charge < -0.3 is 5.32 Å². The predicted molar refractivity (Wildman–Crippen MR) is 93.3 cm³/mol. The largest absolute Gasteiger partial charge is 0.326 e. The average Bonchev–Trinajstić information content (AvgIpc) is 2.92. The molecular weight excluding hydrogens is 324 g/mol. The van der Waals surface area contributed by atoms with Crippen molar-refractivity contribution in [1.29, 1.82) is 0 Å². The van der Waals surface area contributed by atoms with Crippen molar-refractivity contribution in [2.75, 3.05) is 5.32 Å². The summed E-state index contributed by atoms with van der Waals surface area (Å²) in [7, 11) is -3.61. The number of hydrogen-bond acceptors (Lipinski definition) is 3. The predicted octanol–water partition coefficient (Wildman–Crippen LogP) is 2.78. The Labute approximate surface area is 142 Å². The van der Waals surface area contributed by atoms with Crippen molar-refractivity contribution < 1.29 is 13.2 Å². The summed E-state index contributed by atoms with van der Waals surface area (Å²) in [5.74, 6) is 0.330.